The van der Waals surface area contributed by atoms with Crippen molar-refractivity contribution in [1.82, 2.24) is 4.90 Å². The van der Waals surface area contributed by atoms with Crippen molar-refractivity contribution in [2.45, 2.75) is 26.3 Å². The normalized spacial score (nSPS) is 14.8. The summed E-state index contributed by atoms with van der Waals surface area (Å²) >= 11 is 0. The van der Waals surface area contributed by atoms with E-state index >= 15 is 0 Å². The Bertz CT molecular complexity index is 706. The number of amides is 1. The van der Waals surface area contributed by atoms with Crippen LogP contribution in [0.25, 0.3) is 0 Å². The third kappa shape index (κ3) is 5.02. The van der Waals surface area contributed by atoms with Crippen LogP contribution >= 0.6 is 0 Å². The Morgan fingerprint density at radius 2 is 2.04 bits per heavy atom. The van der Waals surface area contributed by atoms with E-state index in [-0.39, 0.29) is 49.3 Å². The molecule has 1 aliphatic heterocycles. The molecule has 1 atom stereocenters. The first-order chi connectivity index (χ1) is 11.7. The molecular weight excluding hydrogens is 334 g/mol. The summed E-state index contributed by atoms with van der Waals surface area (Å²) in [7, 11) is 3.41. The molecule has 136 valence electrons. The van der Waals surface area contributed by atoms with Gasteiger partial charge in [0.15, 0.2) is 11.6 Å². The Morgan fingerprint density at radius 3 is 2.58 bits per heavy atom. The zero-order valence-corrected chi connectivity index (χ0v) is 15.8. The Balaban J connectivity index is 0.00000338. The number of halogens is 1. The predicted octanol–water partition coefficient (Wildman–Crippen LogP) is -1.83. The van der Waals surface area contributed by atoms with Crippen molar-refractivity contribution in [2.75, 3.05) is 25.5 Å². The molecule has 0 aliphatic carbocycles. The number of anilines is 1. The van der Waals surface area contributed by atoms with E-state index in [1.54, 1.807) is 31.1 Å². The first-order valence-corrected chi connectivity index (χ1v) is 8.06. The standard InChI is InChI=1S/C18H23FN2O4.Li/c1-11(2)8-14(18(23)24)21-10-12(9-16(21)22)25-15-7-5-6-13(17(15)19)20(3)4;/h5-7,9,11,14H,8,10H2,1-4H3,(H,23,24);/q;+1/p-1/t14-;/m0./s1. The molecule has 8 heteroatoms. The number of ether oxygens (including phenoxy) is 1. The Labute approximate surface area is 164 Å². The number of carbonyl (C=O) groups is 2. The molecule has 1 aliphatic rings. The van der Waals surface area contributed by atoms with Crippen molar-refractivity contribution >= 4 is 17.6 Å². The molecule has 0 aromatic heterocycles. The van der Waals surface area contributed by atoms with Gasteiger partial charge in [0, 0.05) is 20.2 Å². The quantitative estimate of drug-likeness (QED) is 0.537. The molecule has 0 N–H and O–H groups in total. The third-order valence-electron chi connectivity index (χ3n) is 3.90. The SMILES string of the molecule is CC(C)C[C@@H](C(=O)[O-])N1CC(Oc2cccc(N(C)C)c2F)=CC1=O.[Li+]. The van der Waals surface area contributed by atoms with Gasteiger partial charge in [0.05, 0.1) is 24.2 Å². The summed E-state index contributed by atoms with van der Waals surface area (Å²) < 4.78 is 19.9. The fraction of sp³-hybridized carbons (Fsp3) is 0.444. The molecule has 6 nitrogen and oxygen atoms in total. The van der Waals surface area contributed by atoms with Crippen molar-refractivity contribution in [3.05, 3.63) is 35.9 Å². The topological polar surface area (TPSA) is 72.9 Å². The summed E-state index contributed by atoms with van der Waals surface area (Å²) in [5.74, 6) is -2.06. The molecule has 26 heavy (non-hydrogen) atoms. The van der Waals surface area contributed by atoms with Crippen LogP contribution in [0.3, 0.4) is 0 Å². The predicted molar refractivity (Wildman–Crippen MR) is 89.4 cm³/mol. The summed E-state index contributed by atoms with van der Waals surface area (Å²) in [6, 6.07) is 3.67. The molecule has 0 saturated carbocycles. The van der Waals surface area contributed by atoms with E-state index in [1.165, 1.54) is 17.0 Å². The molecular formula is C18H22FLiN2O4. The van der Waals surface area contributed by atoms with Gasteiger partial charge in [0.2, 0.25) is 0 Å². The first kappa shape index (κ1) is 22.1. The molecule has 0 fully saturated rings. The number of nitrogens with zero attached hydrogens (tertiary/aromatic N) is 2. The zero-order valence-electron chi connectivity index (χ0n) is 15.8. The maximum atomic E-state index is 14.4. The average Bonchev–Trinajstić information content (AvgIpc) is 2.86. The average molecular weight is 356 g/mol. The second-order valence-corrected chi connectivity index (χ2v) is 6.63. The van der Waals surface area contributed by atoms with Crippen LogP contribution in [0, 0.1) is 11.7 Å². The van der Waals surface area contributed by atoms with E-state index in [1.807, 2.05) is 13.8 Å². The molecule has 1 heterocycles. The van der Waals surface area contributed by atoms with Gasteiger partial charge >= 0.3 is 18.9 Å². The number of carboxylic acid groups (broad SMARTS) is 1. The number of carboxylic acids is 1. The number of aliphatic carboxylic acids is 1. The van der Waals surface area contributed by atoms with Crippen LogP contribution in [-0.2, 0) is 9.59 Å². The summed E-state index contributed by atoms with van der Waals surface area (Å²) in [4.78, 5) is 26.3. The number of rotatable bonds is 7. The summed E-state index contributed by atoms with van der Waals surface area (Å²) in [5.41, 5.74) is 0.353. The van der Waals surface area contributed by atoms with Crippen LogP contribution in [0.5, 0.6) is 5.75 Å². The first-order valence-electron chi connectivity index (χ1n) is 8.06. The van der Waals surface area contributed by atoms with Gasteiger partial charge in [0.1, 0.15) is 5.76 Å². The van der Waals surface area contributed by atoms with Gasteiger partial charge in [0.25, 0.3) is 5.91 Å². The van der Waals surface area contributed by atoms with Gasteiger partial charge in [-0.15, -0.1) is 0 Å². The molecule has 0 spiro atoms. The maximum Gasteiger partial charge on any atom is 1.00 e. The molecule has 0 bridgehead atoms. The van der Waals surface area contributed by atoms with Crippen LogP contribution in [0.4, 0.5) is 10.1 Å². The molecule has 0 unspecified atom stereocenters. The Morgan fingerprint density at radius 1 is 1.38 bits per heavy atom. The maximum absolute atomic E-state index is 14.4. The largest absolute Gasteiger partial charge is 1.00 e. The van der Waals surface area contributed by atoms with E-state index in [0.29, 0.717) is 5.69 Å². The van der Waals surface area contributed by atoms with Gasteiger partial charge in [-0.2, -0.15) is 0 Å². The molecule has 1 aromatic carbocycles. The number of carbonyl (C=O) groups excluding carboxylic acids is 2. The molecule has 0 saturated heterocycles. The monoisotopic (exact) mass is 356 g/mol. The van der Waals surface area contributed by atoms with Gasteiger partial charge in [-0.05, 0) is 24.5 Å². The van der Waals surface area contributed by atoms with Crippen molar-refractivity contribution < 1.29 is 42.7 Å². The van der Waals surface area contributed by atoms with E-state index in [4.69, 9.17) is 4.74 Å². The molecule has 0 radical (unpaired) electrons. The third-order valence-corrected chi connectivity index (χ3v) is 3.90. The Hall–Kier alpha value is -1.97. The number of hydrogen-bond donors (Lipinski definition) is 0. The van der Waals surface area contributed by atoms with Crippen LogP contribution < -0.4 is 33.6 Å². The van der Waals surface area contributed by atoms with Crippen molar-refractivity contribution in [1.29, 1.82) is 0 Å². The Kier molecular flexibility index (Phi) is 7.73. The van der Waals surface area contributed by atoms with Gasteiger partial charge < -0.3 is 24.4 Å². The minimum atomic E-state index is -1.31. The van der Waals surface area contributed by atoms with Crippen molar-refractivity contribution in [3.8, 4) is 5.75 Å². The fourth-order valence-corrected chi connectivity index (χ4v) is 2.70. The second kappa shape index (κ2) is 9.11. The number of benzene rings is 1. The fourth-order valence-electron chi connectivity index (χ4n) is 2.70. The van der Waals surface area contributed by atoms with Crippen LogP contribution in [0.15, 0.2) is 30.0 Å². The van der Waals surface area contributed by atoms with Gasteiger partial charge in [-0.25, -0.2) is 4.39 Å². The second-order valence-electron chi connectivity index (χ2n) is 6.63. The smallest absolute Gasteiger partial charge is 0.548 e. The summed E-state index contributed by atoms with van der Waals surface area (Å²) in [6.07, 6.45) is 1.47. The summed E-state index contributed by atoms with van der Waals surface area (Å²) in [5, 5.41) is 11.4. The van der Waals surface area contributed by atoms with E-state index in [0.717, 1.165) is 0 Å². The minimum Gasteiger partial charge on any atom is -0.548 e. The number of hydrogen-bond acceptors (Lipinski definition) is 5. The van der Waals surface area contributed by atoms with Crippen molar-refractivity contribution in [3.63, 3.8) is 0 Å². The summed E-state index contributed by atoms with van der Waals surface area (Å²) in [6.45, 7) is 3.70. The van der Waals surface area contributed by atoms with Crippen LogP contribution in [0.1, 0.15) is 20.3 Å². The zero-order chi connectivity index (χ0) is 18.7. The van der Waals surface area contributed by atoms with E-state index in [2.05, 4.69) is 0 Å². The molecule has 2 rings (SSSR count). The van der Waals surface area contributed by atoms with Gasteiger partial charge in [-0.1, -0.05) is 19.9 Å². The van der Waals surface area contributed by atoms with Crippen LogP contribution in [-0.4, -0.2) is 43.5 Å². The molecule has 1 amide bonds. The van der Waals surface area contributed by atoms with Crippen molar-refractivity contribution in [2.24, 2.45) is 5.92 Å². The van der Waals surface area contributed by atoms with Crippen LogP contribution in [0.2, 0.25) is 0 Å². The minimum absolute atomic E-state index is 0. The van der Waals surface area contributed by atoms with E-state index < -0.39 is 23.7 Å². The van der Waals surface area contributed by atoms with Gasteiger partial charge in [-0.3, -0.25) is 4.79 Å². The van der Waals surface area contributed by atoms with E-state index in [9.17, 15) is 19.1 Å². The molecule has 1 aromatic rings.